The summed E-state index contributed by atoms with van der Waals surface area (Å²) >= 11 is 5.11. The molecule has 2 atom stereocenters. The number of hydrogen-bond donors (Lipinski definition) is 1. The Morgan fingerprint density at radius 1 is 1.24 bits per heavy atom. The lowest BCUT2D eigenvalue weighted by atomic mass is 9.75. The van der Waals surface area contributed by atoms with E-state index in [0.29, 0.717) is 0 Å². The predicted octanol–water partition coefficient (Wildman–Crippen LogP) is 4.73. The Balaban J connectivity index is 1.93. The minimum atomic E-state index is -0.316. The van der Waals surface area contributed by atoms with E-state index in [0.717, 1.165) is 39.3 Å². The van der Waals surface area contributed by atoms with Crippen molar-refractivity contribution in [2.75, 3.05) is 20.0 Å². The van der Waals surface area contributed by atoms with Gasteiger partial charge in [0.2, 0.25) is 0 Å². The molecule has 1 aliphatic heterocycles. The molecule has 0 saturated carbocycles. The topological polar surface area (TPSA) is 30.5 Å². The van der Waals surface area contributed by atoms with Gasteiger partial charge in [-0.05, 0) is 41.8 Å². The molecule has 6 heteroatoms. The van der Waals surface area contributed by atoms with Gasteiger partial charge in [-0.1, -0.05) is 40.9 Å². The number of benzene rings is 2. The molecular weight excluding hydrogens is 405 g/mol. The SMILES string of the molecule is COc1ccc(C[C@H]2NSC[C@]2(C)c2cc(Br)ccc2F)c(OC)c1. The molecule has 2 aromatic rings. The van der Waals surface area contributed by atoms with Crippen molar-refractivity contribution in [3.63, 3.8) is 0 Å². The molecule has 134 valence electrons. The lowest BCUT2D eigenvalue weighted by Gasteiger charge is -2.31. The van der Waals surface area contributed by atoms with Crippen molar-refractivity contribution in [3.8, 4) is 11.5 Å². The molecule has 0 amide bonds. The quantitative estimate of drug-likeness (QED) is 0.701. The van der Waals surface area contributed by atoms with Crippen LogP contribution >= 0.6 is 27.9 Å². The van der Waals surface area contributed by atoms with Gasteiger partial charge in [0.05, 0.1) is 14.2 Å². The third-order valence-electron chi connectivity index (χ3n) is 4.83. The summed E-state index contributed by atoms with van der Waals surface area (Å²) in [6.07, 6.45) is 0.739. The Bertz CT molecular complexity index is 773. The molecule has 1 aliphatic rings. The molecule has 1 saturated heterocycles. The first-order chi connectivity index (χ1) is 12.0. The number of hydrogen-bond acceptors (Lipinski definition) is 4. The van der Waals surface area contributed by atoms with Crippen molar-refractivity contribution in [1.29, 1.82) is 0 Å². The van der Waals surface area contributed by atoms with E-state index in [1.165, 1.54) is 6.07 Å². The van der Waals surface area contributed by atoms with Gasteiger partial charge in [0, 0.05) is 27.7 Å². The molecule has 25 heavy (non-hydrogen) atoms. The Morgan fingerprint density at radius 2 is 2.04 bits per heavy atom. The maximum atomic E-state index is 14.5. The summed E-state index contributed by atoms with van der Waals surface area (Å²) in [5.74, 6) is 2.19. The molecule has 0 aromatic heterocycles. The molecule has 2 aromatic carbocycles. The van der Waals surface area contributed by atoms with Crippen LogP contribution in [0.3, 0.4) is 0 Å². The maximum Gasteiger partial charge on any atom is 0.127 e. The molecule has 1 fully saturated rings. The molecule has 0 spiro atoms. The van der Waals surface area contributed by atoms with E-state index < -0.39 is 0 Å². The van der Waals surface area contributed by atoms with Crippen LogP contribution in [0.1, 0.15) is 18.1 Å². The first-order valence-corrected chi connectivity index (χ1v) is 9.79. The smallest absolute Gasteiger partial charge is 0.127 e. The van der Waals surface area contributed by atoms with Gasteiger partial charge in [-0.3, -0.25) is 4.72 Å². The van der Waals surface area contributed by atoms with Gasteiger partial charge >= 0.3 is 0 Å². The van der Waals surface area contributed by atoms with Gasteiger partial charge in [-0.25, -0.2) is 4.39 Å². The van der Waals surface area contributed by atoms with E-state index in [1.807, 2.05) is 24.3 Å². The average molecular weight is 426 g/mol. The van der Waals surface area contributed by atoms with Crippen molar-refractivity contribution >= 4 is 27.9 Å². The Labute approximate surface area is 160 Å². The second kappa shape index (κ2) is 7.56. The van der Waals surface area contributed by atoms with Gasteiger partial charge in [-0.15, -0.1) is 0 Å². The van der Waals surface area contributed by atoms with E-state index >= 15 is 0 Å². The number of halogens is 2. The van der Waals surface area contributed by atoms with Gasteiger partial charge in [0.25, 0.3) is 0 Å². The number of methoxy groups -OCH3 is 2. The van der Waals surface area contributed by atoms with Gasteiger partial charge in [-0.2, -0.15) is 0 Å². The normalized spacial score (nSPS) is 22.8. The second-order valence-corrected chi connectivity index (χ2v) is 8.11. The first-order valence-electron chi connectivity index (χ1n) is 8.01. The standard InChI is InChI=1S/C19H21BrFNO2S/c1-19(15-9-13(20)5-7-16(15)21)11-25-22-18(19)8-12-4-6-14(23-2)10-17(12)24-3/h4-7,9-10,18,22H,8,11H2,1-3H3/t18-,19-/m1/s1. The van der Waals surface area contributed by atoms with Gasteiger partial charge < -0.3 is 9.47 Å². The molecule has 1 N–H and O–H groups in total. The summed E-state index contributed by atoms with van der Waals surface area (Å²) < 4.78 is 29.7. The van der Waals surface area contributed by atoms with E-state index in [-0.39, 0.29) is 17.3 Å². The summed E-state index contributed by atoms with van der Waals surface area (Å²) in [7, 11) is 3.29. The summed E-state index contributed by atoms with van der Waals surface area (Å²) in [6.45, 7) is 2.12. The number of nitrogens with one attached hydrogen (secondary N) is 1. The third-order valence-corrected chi connectivity index (χ3v) is 6.52. The third kappa shape index (κ3) is 3.66. The van der Waals surface area contributed by atoms with Crippen LogP contribution in [0.5, 0.6) is 11.5 Å². The lowest BCUT2D eigenvalue weighted by Crippen LogP contribution is -2.41. The Kier molecular flexibility index (Phi) is 5.61. The van der Waals surface area contributed by atoms with Crippen LogP contribution in [0.25, 0.3) is 0 Å². The minimum absolute atomic E-state index is 0.0867. The number of rotatable bonds is 5. The van der Waals surface area contributed by atoms with Crippen LogP contribution in [0.15, 0.2) is 40.9 Å². The fourth-order valence-corrected chi connectivity index (χ4v) is 4.88. The number of ether oxygens (including phenoxy) is 2. The van der Waals surface area contributed by atoms with Crippen molar-refractivity contribution in [2.45, 2.75) is 24.8 Å². The van der Waals surface area contributed by atoms with Gasteiger partial charge in [0.15, 0.2) is 0 Å². The molecule has 0 aliphatic carbocycles. The zero-order chi connectivity index (χ0) is 18.0. The highest BCUT2D eigenvalue weighted by atomic mass is 79.9. The lowest BCUT2D eigenvalue weighted by molar-refractivity contribution is 0.375. The van der Waals surface area contributed by atoms with Crippen LogP contribution in [0, 0.1) is 5.82 Å². The van der Waals surface area contributed by atoms with Crippen LogP contribution in [0.4, 0.5) is 4.39 Å². The monoisotopic (exact) mass is 425 g/mol. The molecule has 0 radical (unpaired) electrons. The van der Waals surface area contributed by atoms with E-state index in [1.54, 1.807) is 32.2 Å². The largest absolute Gasteiger partial charge is 0.497 e. The first kappa shape index (κ1) is 18.5. The summed E-state index contributed by atoms with van der Waals surface area (Å²) in [4.78, 5) is 0. The highest BCUT2D eigenvalue weighted by molar-refractivity contribution is 9.10. The van der Waals surface area contributed by atoms with Crippen LogP contribution in [-0.2, 0) is 11.8 Å². The summed E-state index contributed by atoms with van der Waals surface area (Å²) in [5.41, 5.74) is 1.49. The van der Waals surface area contributed by atoms with Crippen LogP contribution < -0.4 is 14.2 Å². The fraction of sp³-hybridized carbons (Fsp3) is 0.368. The Morgan fingerprint density at radius 3 is 2.76 bits per heavy atom. The maximum absolute atomic E-state index is 14.5. The molecular formula is C19H21BrFNO2S. The zero-order valence-corrected chi connectivity index (χ0v) is 16.8. The highest BCUT2D eigenvalue weighted by Gasteiger charge is 2.42. The van der Waals surface area contributed by atoms with E-state index in [9.17, 15) is 4.39 Å². The fourth-order valence-electron chi connectivity index (χ4n) is 3.23. The molecule has 3 rings (SSSR count). The average Bonchev–Trinajstić information content (AvgIpc) is 2.99. The molecule has 0 bridgehead atoms. The van der Waals surface area contributed by atoms with E-state index in [4.69, 9.17) is 9.47 Å². The molecule has 1 heterocycles. The molecule has 3 nitrogen and oxygen atoms in total. The highest BCUT2D eigenvalue weighted by Crippen LogP contribution is 2.41. The zero-order valence-electron chi connectivity index (χ0n) is 14.4. The van der Waals surface area contributed by atoms with E-state index in [2.05, 4.69) is 27.6 Å². The van der Waals surface area contributed by atoms with Crippen molar-refractivity contribution in [3.05, 3.63) is 57.8 Å². The van der Waals surface area contributed by atoms with Crippen LogP contribution in [-0.4, -0.2) is 26.0 Å². The van der Waals surface area contributed by atoms with Gasteiger partial charge in [0.1, 0.15) is 17.3 Å². The van der Waals surface area contributed by atoms with Crippen molar-refractivity contribution < 1.29 is 13.9 Å². The summed E-state index contributed by atoms with van der Waals surface area (Å²) in [5, 5.41) is 0. The van der Waals surface area contributed by atoms with Crippen molar-refractivity contribution in [2.24, 2.45) is 0 Å². The summed E-state index contributed by atoms with van der Waals surface area (Å²) in [6, 6.07) is 11.1. The van der Waals surface area contributed by atoms with Crippen molar-refractivity contribution in [1.82, 2.24) is 4.72 Å². The minimum Gasteiger partial charge on any atom is -0.497 e. The van der Waals surface area contributed by atoms with Crippen LogP contribution in [0.2, 0.25) is 0 Å². The predicted molar refractivity (Wildman–Crippen MR) is 104 cm³/mol. The second-order valence-electron chi connectivity index (χ2n) is 6.38. The molecule has 0 unspecified atom stereocenters. The Hall–Kier alpha value is -1.24.